The Balaban J connectivity index is 4.02. The average Bonchev–Trinajstić information content (AvgIpc) is 2.26. The summed E-state index contributed by atoms with van der Waals surface area (Å²) >= 11 is 0. The first-order valence-electron chi connectivity index (χ1n) is 5.38. The summed E-state index contributed by atoms with van der Waals surface area (Å²) in [6.07, 6.45) is 7.66. The molecule has 0 bridgehead atoms. The van der Waals surface area contributed by atoms with Crippen LogP contribution < -0.4 is 5.32 Å². The van der Waals surface area contributed by atoms with Gasteiger partial charge in [0.25, 0.3) is 0 Å². The molecule has 4 nitrogen and oxygen atoms in total. The quantitative estimate of drug-likeness (QED) is 0.436. The zero-order valence-electron chi connectivity index (χ0n) is 10.5. The topological polar surface area (TPSA) is 55.4 Å². The van der Waals surface area contributed by atoms with Gasteiger partial charge in [-0.15, -0.1) is 0 Å². The second-order valence-corrected chi connectivity index (χ2v) is 3.88. The van der Waals surface area contributed by atoms with Crippen molar-refractivity contribution in [2.45, 2.75) is 20.3 Å². The van der Waals surface area contributed by atoms with Gasteiger partial charge in [0, 0.05) is 6.08 Å². The molecule has 17 heavy (non-hydrogen) atoms. The van der Waals surface area contributed by atoms with Crippen molar-refractivity contribution in [3.05, 3.63) is 36.6 Å². The van der Waals surface area contributed by atoms with Gasteiger partial charge in [-0.3, -0.25) is 4.79 Å². The van der Waals surface area contributed by atoms with Crippen LogP contribution in [0.25, 0.3) is 0 Å². The van der Waals surface area contributed by atoms with Crippen molar-refractivity contribution in [2.75, 3.05) is 7.11 Å². The molecule has 1 N–H and O–H groups in total. The number of carbonyl (C=O) groups is 2. The van der Waals surface area contributed by atoms with Crippen molar-refractivity contribution in [2.24, 2.45) is 5.92 Å². The third kappa shape index (κ3) is 8.02. The number of allylic oxidation sites excluding steroid dienone is 3. The maximum absolute atomic E-state index is 11.3. The minimum Gasteiger partial charge on any atom is -0.464 e. The van der Waals surface area contributed by atoms with Gasteiger partial charge in [0.2, 0.25) is 5.91 Å². The SMILES string of the molecule is C=C(NC(=O)C=CC=CCC(C)C)C(=O)OC. The molecule has 0 aliphatic carbocycles. The smallest absolute Gasteiger partial charge is 0.353 e. The van der Waals surface area contributed by atoms with E-state index in [9.17, 15) is 9.59 Å². The van der Waals surface area contributed by atoms with Gasteiger partial charge in [0.05, 0.1) is 7.11 Å². The molecular formula is C13H19NO3. The number of esters is 1. The largest absolute Gasteiger partial charge is 0.464 e. The molecule has 0 heterocycles. The Hall–Kier alpha value is -1.84. The van der Waals surface area contributed by atoms with Crippen LogP contribution in [0.1, 0.15) is 20.3 Å². The molecule has 4 heteroatoms. The monoisotopic (exact) mass is 237 g/mol. The van der Waals surface area contributed by atoms with Crippen LogP contribution in [-0.2, 0) is 14.3 Å². The number of amides is 1. The molecule has 94 valence electrons. The van der Waals surface area contributed by atoms with E-state index in [1.807, 2.05) is 6.08 Å². The average molecular weight is 237 g/mol. The Bertz CT molecular complexity index is 341. The minimum absolute atomic E-state index is 0.0756. The Labute approximate surface area is 102 Å². The number of ether oxygens (including phenoxy) is 1. The lowest BCUT2D eigenvalue weighted by Crippen LogP contribution is -2.25. The number of hydrogen-bond donors (Lipinski definition) is 1. The van der Waals surface area contributed by atoms with Crippen LogP contribution in [0.3, 0.4) is 0 Å². The highest BCUT2D eigenvalue weighted by molar-refractivity contribution is 5.97. The number of carbonyl (C=O) groups excluding carboxylic acids is 2. The van der Waals surface area contributed by atoms with E-state index in [0.29, 0.717) is 5.92 Å². The first-order valence-corrected chi connectivity index (χ1v) is 5.38. The highest BCUT2D eigenvalue weighted by atomic mass is 16.5. The maximum Gasteiger partial charge on any atom is 0.353 e. The van der Waals surface area contributed by atoms with Crippen molar-refractivity contribution >= 4 is 11.9 Å². The van der Waals surface area contributed by atoms with Gasteiger partial charge in [0.15, 0.2) is 0 Å². The molecule has 0 aliphatic heterocycles. The van der Waals surface area contributed by atoms with E-state index < -0.39 is 11.9 Å². The van der Waals surface area contributed by atoms with E-state index in [-0.39, 0.29) is 5.70 Å². The van der Waals surface area contributed by atoms with Crippen LogP contribution >= 0.6 is 0 Å². The lowest BCUT2D eigenvalue weighted by atomic mass is 10.1. The molecule has 0 radical (unpaired) electrons. The molecular weight excluding hydrogens is 218 g/mol. The van der Waals surface area contributed by atoms with E-state index in [0.717, 1.165) is 6.42 Å². The summed E-state index contributed by atoms with van der Waals surface area (Å²) in [4.78, 5) is 22.2. The molecule has 0 atom stereocenters. The lowest BCUT2D eigenvalue weighted by Gasteiger charge is -2.02. The summed E-state index contributed by atoms with van der Waals surface area (Å²) in [5, 5.41) is 2.30. The summed E-state index contributed by atoms with van der Waals surface area (Å²) < 4.78 is 4.39. The molecule has 0 aliphatic rings. The van der Waals surface area contributed by atoms with E-state index in [4.69, 9.17) is 0 Å². The third-order valence-electron chi connectivity index (χ3n) is 1.81. The molecule has 0 aromatic rings. The van der Waals surface area contributed by atoms with Crippen LogP contribution in [0.15, 0.2) is 36.6 Å². The van der Waals surface area contributed by atoms with Crippen molar-refractivity contribution < 1.29 is 14.3 Å². The summed E-state index contributed by atoms with van der Waals surface area (Å²) in [7, 11) is 1.23. The fourth-order valence-corrected chi connectivity index (χ4v) is 0.937. The lowest BCUT2D eigenvalue weighted by molar-refractivity contribution is -0.137. The van der Waals surface area contributed by atoms with Gasteiger partial charge in [-0.1, -0.05) is 38.7 Å². The van der Waals surface area contributed by atoms with Crippen molar-refractivity contribution in [1.82, 2.24) is 5.32 Å². The molecule has 1 amide bonds. The molecule has 0 fully saturated rings. The molecule has 0 aromatic heterocycles. The van der Waals surface area contributed by atoms with Crippen molar-refractivity contribution in [1.29, 1.82) is 0 Å². The van der Waals surface area contributed by atoms with Crippen LogP contribution in [0.2, 0.25) is 0 Å². The summed E-state index contributed by atoms with van der Waals surface area (Å²) in [5.74, 6) is -0.468. The standard InChI is InChI=1S/C13H19NO3/c1-10(2)8-6-5-7-9-12(15)14-11(3)13(16)17-4/h5-7,9-10H,3,8H2,1-2,4H3,(H,14,15). The van der Waals surface area contributed by atoms with Gasteiger partial charge in [0.1, 0.15) is 5.70 Å². The Morgan fingerprint density at radius 3 is 2.53 bits per heavy atom. The molecule has 0 rings (SSSR count). The second kappa shape index (κ2) is 8.33. The molecule has 0 unspecified atom stereocenters. The highest BCUT2D eigenvalue weighted by Gasteiger charge is 2.07. The fourth-order valence-electron chi connectivity index (χ4n) is 0.937. The summed E-state index contributed by atoms with van der Waals surface area (Å²) in [6.45, 7) is 7.60. The molecule has 0 saturated carbocycles. The van der Waals surface area contributed by atoms with Gasteiger partial charge in [-0.05, 0) is 12.3 Å². The summed E-state index contributed by atoms with van der Waals surface area (Å²) in [6, 6.07) is 0. The van der Waals surface area contributed by atoms with Gasteiger partial charge < -0.3 is 10.1 Å². The van der Waals surface area contributed by atoms with Crippen molar-refractivity contribution in [3.8, 4) is 0 Å². The van der Waals surface area contributed by atoms with E-state index >= 15 is 0 Å². The number of rotatable bonds is 6. The maximum atomic E-state index is 11.3. The van der Waals surface area contributed by atoms with Crippen molar-refractivity contribution in [3.63, 3.8) is 0 Å². The first kappa shape index (κ1) is 15.2. The second-order valence-electron chi connectivity index (χ2n) is 3.88. The van der Waals surface area contributed by atoms with Crippen LogP contribution in [0, 0.1) is 5.92 Å². The molecule has 0 saturated heterocycles. The minimum atomic E-state index is -0.651. The number of hydrogen-bond acceptors (Lipinski definition) is 3. The van der Waals surface area contributed by atoms with Gasteiger partial charge >= 0.3 is 5.97 Å². The normalized spacial score (nSPS) is 11.1. The zero-order chi connectivity index (χ0) is 13.3. The van der Waals surface area contributed by atoms with Crippen LogP contribution in [0.5, 0.6) is 0 Å². The van der Waals surface area contributed by atoms with E-state index in [2.05, 4.69) is 30.5 Å². The fraction of sp³-hybridized carbons (Fsp3) is 0.385. The highest BCUT2D eigenvalue weighted by Crippen LogP contribution is 1.99. The number of nitrogens with one attached hydrogen (secondary N) is 1. The van der Waals surface area contributed by atoms with Gasteiger partial charge in [-0.25, -0.2) is 4.79 Å². The van der Waals surface area contributed by atoms with Crippen LogP contribution in [0.4, 0.5) is 0 Å². The first-order chi connectivity index (χ1) is 7.97. The number of methoxy groups -OCH3 is 1. The Kier molecular flexibility index (Phi) is 7.43. The predicted molar refractivity (Wildman–Crippen MR) is 67.0 cm³/mol. The Morgan fingerprint density at radius 2 is 2.00 bits per heavy atom. The third-order valence-corrected chi connectivity index (χ3v) is 1.81. The van der Waals surface area contributed by atoms with Crippen LogP contribution in [-0.4, -0.2) is 19.0 Å². The molecule has 0 spiro atoms. The van der Waals surface area contributed by atoms with E-state index in [1.54, 1.807) is 12.2 Å². The molecule has 0 aromatic carbocycles. The zero-order valence-corrected chi connectivity index (χ0v) is 10.5. The summed E-state index contributed by atoms with van der Waals surface area (Å²) in [5.41, 5.74) is -0.0756. The van der Waals surface area contributed by atoms with Gasteiger partial charge in [-0.2, -0.15) is 0 Å². The Morgan fingerprint density at radius 1 is 1.35 bits per heavy atom. The van der Waals surface area contributed by atoms with E-state index in [1.165, 1.54) is 13.2 Å². The predicted octanol–water partition coefficient (Wildman–Crippen LogP) is 1.95.